The van der Waals surface area contributed by atoms with E-state index >= 15 is 0 Å². The van der Waals surface area contributed by atoms with Crippen LogP contribution in [0.3, 0.4) is 0 Å². The Hall–Kier alpha value is -3.88. The Morgan fingerprint density at radius 3 is 2.77 bits per heavy atom. The molecule has 3 aromatic rings. The summed E-state index contributed by atoms with van der Waals surface area (Å²) >= 11 is 0. The maximum Gasteiger partial charge on any atom is 0.308 e. The summed E-state index contributed by atoms with van der Waals surface area (Å²) in [5.74, 6) is 1.22. The van der Waals surface area contributed by atoms with Gasteiger partial charge in [0.05, 0.1) is 19.2 Å². The van der Waals surface area contributed by atoms with E-state index in [2.05, 4.69) is 10.1 Å². The van der Waals surface area contributed by atoms with Crippen LogP contribution in [0.5, 0.6) is 11.5 Å². The number of hydrogen-bond acceptors (Lipinski definition) is 8. The van der Waals surface area contributed by atoms with Gasteiger partial charge in [-0.25, -0.2) is 0 Å². The second kappa shape index (κ2) is 8.64. The third-order valence-corrected chi connectivity index (χ3v) is 4.52. The van der Waals surface area contributed by atoms with Crippen LogP contribution < -0.4 is 14.4 Å². The molecule has 0 bridgehead atoms. The highest BCUT2D eigenvalue weighted by atomic mass is 16.6. The van der Waals surface area contributed by atoms with E-state index in [1.54, 1.807) is 43.5 Å². The Morgan fingerprint density at radius 1 is 1.17 bits per heavy atom. The van der Waals surface area contributed by atoms with Crippen molar-refractivity contribution in [2.75, 3.05) is 25.2 Å². The molecule has 1 amide bonds. The van der Waals surface area contributed by atoms with E-state index in [9.17, 15) is 9.59 Å². The van der Waals surface area contributed by atoms with Crippen LogP contribution in [0.2, 0.25) is 0 Å². The minimum Gasteiger partial charge on any atom is -0.497 e. The maximum atomic E-state index is 12.1. The number of carbonyl (C=O) groups excluding carboxylic acids is 2. The molecule has 4 rings (SSSR count). The van der Waals surface area contributed by atoms with Gasteiger partial charge in [-0.15, -0.1) is 0 Å². The molecule has 1 aliphatic rings. The third kappa shape index (κ3) is 4.24. The minimum absolute atomic E-state index is 0.0273. The Kier molecular flexibility index (Phi) is 5.60. The molecule has 30 heavy (non-hydrogen) atoms. The van der Waals surface area contributed by atoms with Gasteiger partial charge in [-0.3, -0.25) is 9.59 Å². The number of esters is 1. The normalized spacial score (nSPS) is 12.8. The number of fused-ring (bicyclic) bond motifs is 1. The Bertz CT molecular complexity index is 1050. The number of ether oxygens (including phenoxy) is 3. The first kappa shape index (κ1) is 19.4. The van der Waals surface area contributed by atoms with E-state index < -0.39 is 5.97 Å². The molecule has 9 nitrogen and oxygen atoms in total. The molecule has 9 heteroatoms. The Morgan fingerprint density at radius 2 is 1.97 bits per heavy atom. The Balaban J connectivity index is 1.30. The molecule has 0 saturated heterocycles. The fourth-order valence-corrected chi connectivity index (χ4v) is 2.99. The summed E-state index contributed by atoms with van der Waals surface area (Å²) in [4.78, 5) is 30.0. The van der Waals surface area contributed by atoms with Crippen LogP contribution in [0.25, 0.3) is 11.4 Å². The third-order valence-electron chi connectivity index (χ3n) is 4.52. The van der Waals surface area contributed by atoms with E-state index in [0.29, 0.717) is 17.3 Å². The molecule has 1 aromatic heterocycles. The van der Waals surface area contributed by atoms with Gasteiger partial charge in [0.25, 0.3) is 11.8 Å². The van der Waals surface area contributed by atoms with E-state index in [-0.39, 0.29) is 38.0 Å². The lowest BCUT2D eigenvalue weighted by Gasteiger charge is -2.28. The SMILES string of the molecule is COc1ccc(-c2noc(COC(=O)CCN3C(=O)COc4ccccc43)n2)cc1. The number of nitrogens with zero attached hydrogens (tertiary/aromatic N) is 3. The van der Waals surface area contributed by atoms with Gasteiger partial charge in [-0.2, -0.15) is 4.98 Å². The fraction of sp³-hybridized carbons (Fsp3) is 0.238. The average molecular weight is 409 g/mol. The van der Waals surface area contributed by atoms with Crippen LogP contribution in [-0.4, -0.2) is 42.3 Å². The van der Waals surface area contributed by atoms with Gasteiger partial charge >= 0.3 is 5.97 Å². The first-order chi connectivity index (χ1) is 14.6. The molecular weight excluding hydrogens is 390 g/mol. The van der Waals surface area contributed by atoms with Gasteiger partial charge in [0.2, 0.25) is 5.82 Å². The highest BCUT2D eigenvalue weighted by molar-refractivity contribution is 5.98. The number of benzene rings is 2. The van der Waals surface area contributed by atoms with E-state index in [4.69, 9.17) is 18.7 Å². The summed E-state index contributed by atoms with van der Waals surface area (Å²) in [6, 6.07) is 14.4. The zero-order valence-electron chi connectivity index (χ0n) is 16.2. The quantitative estimate of drug-likeness (QED) is 0.549. The summed E-state index contributed by atoms with van der Waals surface area (Å²) in [5.41, 5.74) is 1.39. The molecule has 154 valence electrons. The highest BCUT2D eigenvalue weighted by Crippen LogP contribution is 2.31. The number of rotatable bonds is 7. The van der Waals surface area contributed by atoms with Crippen molar-refractivity contribution in [1.29, 1.82) is 0 Å². The van der Waals surface area contributed by atoms with Crippen LogP contribution in [0.15, 0.2) is 53.1 Å². The molecule has 0 radical (unpaired) electrons. The van der Waals surface area contributed by atoms with Crippen LogP contribution in [0, 0.1) is 0 Å². The molecule has 0 fully saturated rings. The second-order valence-electron chi connectivity index (χ2n) is 6.45. The zero-order valence-corrected chi connectivity index (χ0v) is 16.2. The van der Waals surface area contributed by atoms with Crippen molar-refractivity contribution < 1.29 is 28.3 Å². The molecule has 0 aliphatic carbocycles. The molecule has 0 saturated carbocycles. The second-order valence-corrected chi connectivity index (χ2v) is 6.45. The average Bonchev–Trinajstić information content (AvgIpc) is 3.26. The topological polar surface area (TPSA) is 104 Å². The van der Waals surface area contributed by atoms with Gasteiger partial charge in [-0.05, 0) is 36.4 Å². The van der Waals surface area contributed by atoms with Crippen molar-refractivity contribution in [1.82, 2.24) is 10.1 Å². The number of hydrogen-bond donors (Lipinski definition) is 0. The lowest BCUT2D eigenvalue weighted by molar-refractivity contribution is -0.145. The van der Waals surface area contributed by atoms with Crippen molar-refractivity contribution >= 4 is 17.6 Å². The monoisotopic (exact) mass is 409 g/mol. The van der Waals surface area contributed by atoms with Gasteiger partial charge < -0.3 is 23.6 Å². The zero-order chi connectivity index (χ0) is 20.9. The van der Waals surface area contributed by atoms with Crippen molar-refractivity contribution in [2.24, 2.45) is 0 Å². The standard InChI is InChI=1S/C21H19N3O6/c1-27-15-8-6-14(7-9-15)21-22-18(30-23-21)12-29-20(26)10-11-24-16-4-2-3-5-17(16)28-13-19(24)25/h2-9H,10-13H2,1H3. The lowest BCUT2D eigenvalue weighted by atomic mass is 10.2. The van der Waals surface area contributed by atoms with Crippen molar-refractivity contribution in [3.8, 4) is 22.9 Å². The van der Waals surface area contributed by atoms with Crippen molar-refractivity contribution in [3.63, 3.8) is 0 Å². The van der Waals surface area contributed by atoms with Crippen molar-refractivity contribution in [3.05, 3.63) is 54.4 Å². The largest absolute Gasteiger partial charge is 0.497 e. The van der Waals surface area contributed by atoms with E-state index in [0.717, 1.165) is 11.3 Å². The molecule has 0 spiro atoms. The fourth-order valence-electron chi connectivity index (χ4n) is 2.99. The first-order valence-corrected chi connectivity index (χ1v) is 9.29. The van der Waals surface area contributed by atoms with Crippen LogP contribution in [0.1, 0.15) is 12.3 Å². The van der Waals surface area contributed by atoms with Crippen molar-refractivity contribution in [2.45, 2.75) is 13.0 Å². The summed E-state index contributed by atoms with van der Waals surface area (Å²) in [6.07, 6.45) is 0.0273. The predicted molar refractivity (Wildman–Crippen MR) is 105 cm³/mol. The Labute approximate surface area is 172 Å². The summed E-state index contributed by atoms with van der Waals surface area (Å²) in [6.45, 7) is -0.00319. The minimum atomic E-state index is -0.476. The van der Waals surface area contributed by atoms with Gasteiger partial charge in [-0.1, -0.05) is 17.3 Å². The number of aromatic nitrogens is 2. The van der Waals surface area contributed by atoms with Gasteiger partial charge in [0.1, 0.15) is 11.5 Å². The lowest BCUT2D eigenvalue weighted by Crippen LogP contribution is -2.40. The number of amides is 1. The molecule has 2 heterocycles. The number of methoxy groups -OCH3 is 1. The van der Waals surface area contributed by atoms with Crippen LogP contribution >= 0.6 is 0 Å². The van der Waals surface area contributed by atoms with Gasteiger partial charge in [0.15, 0.2) is 13.2 Å². The summed E-state index contributed by atoms with van der Waals surface area (Å²) < 4.78 is 20.8. The van der Waals surface area contributed by atoms with E-state index in [1.165, 1.54) is 4.90 Å². The van der Waals surface area contributed by atoms with Gasteiger partial charge in [0, 0.05) is 12.1 Å². The molecule has 1 aliphatic heterocycles. The molecular formula is C21H19N3O6. The smallest absolute Gasteiger partial charge is 0.308 e. The summed E-state index contributed by atoms with van der Waals surface area (Å²) in [7, 11) is 1.59. The maximum absolute atomic E-state index is 12.1. The molecule has 2 aromatic carbocycles. The predicted octanol–water partition coefficient (Wildman–Crippen LogP) is 2.60. The first-order valence-electron chi connectivity index (χ1n) is 9.29. The van der Waals surface area contributed by atoms with Crippen LogP contribution in [0.4, 0.5) is 5.69 Å². The molecule has 0 atom stereocenters. The summed E-state index contributed by atoms with van der Waals surface area (Å²) in [5, 5.41) is 3.89. The number of para-hydroxylation sites is 2. The highest BCUT2D eigenvalue weighted by Gasteiger charge is 2.25. The molecule has 0 unspecified atom stereocenters. The molecule has 0 N–H and O–H groups in total. The van der Waals surface area contributed by atoms with E-state index in [1.807, 2.05) is 12.1 Å². The number of carbonyl (C=O) groups is 2. The van der Waals surface area contributed by atoms with Crippen LogP contribution in [-0.2, 0) is 20.9 Å². The number of anilines is 1.